The van der Waals surface area contributed by atoms with Crippen LogP contribution in [0.2, 0.25) is 0 Å². The Morgan fingerprint density at radius 3 is 3.18 bits per heavy atom. The van der Waals surface area contributed by atoms with E-state index in [1.807, 2.05) is 0 Å². The van der Waals surface area contributed by atoms with E-state index in [9.17, 15) is 0 Å². The fourth-order valence-corrected chi connectivity index (χ4v) is 0.710. The summed E-state index contributed by atoms with van der Waals surface area (Å²) in [5.41, 5.74) is 5.12. The minimum atomic E-state index is 0.136. The Balaban J connectivity index is 2.19. The van der Waals surface area contributed by atoms with Crippen LogP contribution in [0.5, 0.6) is 0 Å². The van der Waals surface area contributed by atoms with Crippen LogP contribution in [0, 0.1) is 5.41 Å². The highest BCUT2D eigenvalue weighted by atomic mass is 15.0. The highest BCUT2D eigenvalue weighted by Crippen LogP contribution is 1.84. The molecule has 1 rings (SSSR count). The minimum absolute atomic E-state index is 0.136. The van der Waals surface area contributed by atoms with E-state index >= 15 is 0 Å². The molecule has 0 aromatic carbocycles. The van der Waals surface area contributed by atoms with Crippen molar-refractivity contribution >= 4 is 5.84 Å². The molecule has 5 heteroatoms. The van der Waals surface area contributed by atoms with Crippen LogP contribution >= 0.6 is 0 Å². The van der Waals surface area contributed by atoms with Gasteiger partial charge in [0.1, 0.15) is 11.7 Å². The van der Waals surface area contributed by atoms with E-state index in [2.05, 4.69) is 15.3 Å². The predicted molar refractivity (Wildman–Crippen MR) is 42.2 cm³/mol. The molecule has 60 valence electrons. The largest absolute Gasteiger partial charge is 0.387 e. The summed E-state index contributed by atoms with van der Waals surface area (Å²) < 4.78 is 0. The van der Waals surface area contributed by atoms with E-state index in [-0.39, 0.29) is 5.84 Å². The van der Waals surface area contributed by atoms with Gasteiger partial charge in [0.2, 0.25) is 0 Å². The second-order valence-electron chi connectivity index (χ2n) is 2.16. The smallest absolute Gasteiger partial charge is 0.120 e. The third-order valence-corrected chi connectivity index (χ3v) is 1.16. The normalized spacial score (nSPS) is 9.82. The molecular weight excluding hydrogens is 142 g/mol. The van der Waals surface area contributed by atoms with Gasteiger partial charge in [-0.05, 0) is 0 Å². The molecule has 0 fully saturated rings. The molecule has 0 aliphatic rings. The van der Waals surface area contributed by atoms with Gasteiger partial charge in [-0.1, -0.05) is 0 Å². The maximum atomic E-state index is 6.91. The van der Waals surface area contributed by atoms with Crippen molar-refractivity contribution in [3.63, 3.8) is 0 Å². The molecule has 0 atom stereocenters. The number of hydrogen-bond donors (Lipinski definition) is 4. The van der Waals surface area contributed by atoms with Crippen LogP contribution < -0.4 is 11.1 Å². The van der Waals surface area contributed by atoms with Gasteiger partial charge in [-0.2, -0.15) is 0 Å². The Morgan fingerprint density at radius 2 is 2.64 bits per heavy atom. The summed E-state index contributed by atoms with van der Waals surface area (Å²) in [4.78, 5) is 6.91. The highest BCUT2D eigenvalue weighted by molar-refractivity contribution is 5.78. The quantitative estimate of drug-likeness (QED) is 0.345. The lowest BCUT2D eigenvalue weighted by Crippen LogP contribution is -2.27. The van der Waals surface area contributed by atoms with Crippen molar-refractivity contribution in [2.45, 2.75) is 6.54 Å². The minimum Gasteiger partial charge on any atom is -0.387 e. The monoisotopic (exact) mass is 153 g/mol. The zero-order chi connectivity index (χ0) is 8.10. The average Bonchev–Trinajstić information content (AvgIpc) is 2.39. The summed E-state index contributed by atoms with van der Waals surface area (Å²) in [6, 6.07) is 0. The van der Waals surface area contributed by atoms with Gasteiger partial charge in [0.05, 0.1) is 13.1 Å². The number of nitrogens with two attached hydrogens (primary N) is 1. The molecule has 1 aromatic rings. The van der Waals surface area contributed by atoms with Crippen LogP contribution in [-0.4, -0.2) is 22.3 Å². The van der Waals surface area contributed by atoms with E-state index in [0.29, 0.717) is 13.1 Å². The van der Waals surface area contributed by atoms with Crippen molar-refractivity contribution in [2.75, 3.05) is 6.54 Å². The molecule has 0 amide bonds. The van der Waals surface area contributed by atoms with E-state index in [0.717, 1.165) is 5.82 Å². The number of rotatable bonds is 4. The third kappa shape index (κ3) is 2.81. The maximum Gasteiger partial charge on any atom is 0.120 e. The van der Waals surface area contributed by atoms with Gasteiger partial charge in [-0.3, -0.25) is 5.41 Å². The molecule has 0 spiro atoms. The maximum absolute atomic E-state index is 6.91. The van der Waals surface area contributed by atoms with Gasteiger partial charge < -0.3 is 16.0 Å². The van der Waals surface area contributed by atoms with Crippen LogP contribution in [0.25, 0.3) is 0 Å². The summed E-state index contributed by atoms with van der Waals surface area (Å²) in [5, 5.41) is 9.85. The topological polar surface area (TPSA) is 90.6 Å². The zero-order valence-electron chi connectivity index (χ0n) is 6.09. The van der Waals surface area contributed by atoms with Gasteiger partial charge in [-0.25, -0.2) is 4.98 Å². The lowest BCUT2D eigenvalue weighted by atomic mass is 10.5. The van der Waals surface area contributed by atoms with E-state index in [4.69, 9.17) is 11.1 Å². The zero-order valence-corrected chi connectivity index (χ0v) is 6.09. The standard InChI is InChI=1S/C6H11N5/c7-5(8)3-9-4-6-10-1-2-11-6/h1-2,9H,3-4H2,(H3,7,8)(H,10,11). The Labute approximate surface area is 64.5 Å². The number of nitrogens with zero attached hydrogens (tertiary/aromatic N) is 1. The van der Waals surface area contributed by atoms with E-state index < -0.39 is 0 Å². The first-order chi connectivity index (χ1) is 5.29. The van der Waals surface area contributed by atoms with Crippen LogP contribution in [0.15, 0.2) is 12.4 Å². The molecule has 11 heavy (non-hydrogen) atoms. The Morgan fingerprint density at radius 1 is 1.82 bits per heavy atom. The first-order valence-corrected chi connectivity index (χ1v) is 3.31. The Bertz CT molecular complexity index is 215. The van der Waals surface area contributed by atoms with Gasteiger partial charge in [0.15, 0.2) is 0 Å². The molecule has 0 saturated heterocycles. The van der Waals surface area contributed by atoms with Gasteiger partial charge >= 0.3 is 0 Å². The summed E-state index contributed by atoms with van der Waals surface area (Å²) in [6.45, 7) is 1.02. The van der Waals surface area contributed by atoms with Crippen molar-refractivity contribution in [3.05, 3.63) is 18.2 Å². The lowest BCUT2D eigenvalue weighted by molar-refractivity contribution is 0.735. The molecule has 5 N–H and O–H groups in total. The third-order valence-electron chi connectivity index (χ3n) is 1.16. The first-order valence-electron chi connectivity index (χ1n) is 3.31. The molecule has 0 bridgehead atoms. The van der Waals surface area contributed by atoms with Crippen molar-refractivity contribution < 1.29 is 0 Å². The molecule has 0 saturated carbocycles. The number of hydrogen-bond acceptors (Lipinski definition) is 3. The molecular formula is C6H11N5. The van der Waals surface area contributed by atoms with Crippen molar-refractivity contribution in [1.29, 1.82) is 5.41 Å². The van der Waals surface area contributed by atoms with Crippen molar-refractivity contribution in [3.8, 4) is 0 Å². The number of nitrogens with one attached hydrogen (secondary N) is 3. The number of H-pyrrole nitrogens is 1. The number of amidine groups is 1. The average molecular weight is 153 g/mol. The Hall–Kier alpha value is -1.36. The molecule has 0 unspecified atom stereocenters. The summed E-state index contributed by atoms with van der Waals surface area (Å²) >= 11 is 0. The second kappa shape index (κ2) is 3.72. The van der Waals surface area contributed by atoms with E-state index in [1.165, 1.54) is 0 Å². The fourth-order valence-electron chi connectivity index (χ4n) is 0.710. The molecule has 5 nitrogen and oxygen atoms in total. The van der Waals surface area contributed by atoms with Crippen molar-refractivity contribution in [1.82, 2.24) is 15.3 Å². The van der Waals surface area contributed by atoms with E-state index in [1.54, 1.807) is 12.4 Å². The second-order valence-corrected chi connectivity index (χ2v) is 2.16. The van der Waals surface area contributed by atoms with Crippen molar-refractivity contribution in [2.24, 2.45) is 5.73 Å². The van der Waals surface area contributed by atoms with Gasteiger partial charge in [-0.15, -0.1) is 0 Å². The summed E-state index contributed by atoms with van der Waals surface area (Å²) in [6.07, 6.45) is 3.44. The van der Waals surface area contributed by atoms with Crippen LogP contribution in [-0.2, 0) is 6.54 Å². The number of imidazole rings is 1. The number of aromatic nitrogens is 2. The van der Waals surface area contributed by atoms with Crippen LogP contribution in [0.1, 0.15) is 5.82 Å². The molecule has 0 aliphatic heterocycles. The first kappa shape index (κ1) is 7.74. The molecule has 1 aromatic heterocycles. The molecule has 0 radical (unpaired) electrons. The van der Waals surface area contributed by atoms with Gasteiger partial charge in [0.25, 0.3) is 0 Å². The Kier molecular flexibility index (Phi) is 2.62. The number of aromatic amines is 1. The summed E-state index contributed by atoms with van der Waals surface area (Å²) in [7, 11) is 0. The predicted octanol–water partition coefficient (Wildman–Crippen LogP) is -0.565. The lowest BCUT2D eigenvalue weighted by Gasteiger charge is -1.98. The fraction of sp³-hybridized carbons (Fsp3) is 0.333. The highest BCUT2D eigenvalue weighted by Gasteiger charge is 1.92. The SMILES string of the molecule is N=C(N)CNCc1ncc[nH]1. The van der Waals surface area contributed by atoms with Crippen LogP contribution in [0.4, 0.5) is 0 Å². The van der Waals surface area contributed by atoms with Crippen LogP contribution in [0.3, 0.4) is 0 Å². The molecule has 0 aliphatic carbocycles. The molecule has 1 heterocycles. The van der Waals surface area contributed by atoms with Gasteiger partial charge in [0, 0.05) is 12.4 Å². The summed E-state index contributed by atoms with van der Waals surface area (Å²) in [5.74, 6) is 0.989.